The number of anilines is 6. The molecule has 0 aliphatic rings. The number of hydrogen-bond donors (Lipinski definition) is 6. The van der Waals surface area contributed by atoms with E-state index in [1.165, 1.54) is 36.4 Å². The molecule has 95 heavy (non-hydrogen) atoms. The SMILES string of the molecule is CCCCOc1c(C)cc(NC(=S)Nc2cc(C(F)(F)F)cc(C(F)(F)F)c2)cc1CP(=O)(Cc1cc(NC(=S)Nc2cc(C(F)(F)F)cc(C(F)(F)F)c2)cc(C)c1OCCCC)Cc1cc(NC(=S)Nc2cc(C(F)(F)F)cc(C(F)(F)F)c2)cc(C)c1OCCCC. The fourth-order valence-electron chi connectivity index (χ4n) is 9.75. The number of alkyl halides is 18. The summed E-state index contributed by atoms with van der Waals surface area (Å²) in [5.74, 6) is 0.562. The quantitative estimate of drug-likeness (QED) is 0.0150. The maximum absolute atomic E-state index is 17.0. The van der Waals surface area contributed by atoms with Gasteiger partial charge in [0.1, 0.15) is 24.4 Å². The maximum atomic E-state index is 17.0. The Morgan fingerprint density at radius 1 is 0.337 bits per heavy atom. The highest BCUT2D eigenvalue weighted by atomic mass is 32.1. The summed E-state index contributed by atoms with van der Waals surface area (Å²) >= 11 is 16.3. The number of benzene rings is 6. The van der Waals surface area contributed by atoms with Gasteiger partial charge in [0.05, 0.1) is 53.2 Å². The summed E-state index contributed by atoms with van der Waals surface area (Å²) in [6.45, 7) is 10.7. The van der Waals surface area contributed by atoms with Crippen molar-refractivity contribution in [3.8, 4) is 17.2 Å². The molecule has 0 atom stereocenters. The molecule has 0 fully saturated rings. The first-order valence-electron chi connectivity index (χ1n) is 29.0. The first-order valence-corrected chi connectivity index (χ1v) is 32.5. The van der Waals surface area contributed by atoms with Crippen molar-refractivity contribution in [1.29, 1.82) is 0 Å². The Labute approximate surface area is 551 Å². The lowest BCUT2D eigenvalue weighted by atomic mass is 10.1. The van der Waals surface area contributed by atoms with Crippen molar-refractivity contribution in [2.75, 3.05) is 51.7 Å². The molecule has 0 aromatic heterocycles. The molecule has 6 N–H and O–H groups in total. The molecule has 0 unspecified atom stereocenters. The Bertz CT molecular complexity index is 3320. The standard InChI is InChI=1S/C63H63F18N6O4PS3/c1-7-10-13-89-52-34(4)16-46(82-55(93)85-49-25-40(58(64,65)66)22-41(26-49)59(67,68)69)19-37(52)31-92(88,32-38-20-47(17-35(5)53(38)90-14-11-8-2)83-56(94)86-50-27-42(60(70,71)72)23-43(28-50)61(73,74)75)33-39-21-48(18-36(6)54(39)91-15-12-9-3)84-57(95)87-51-29-44(62(76,77)78)24-45(30-51)63(79,80)81/h16-30H,7-15,31-33H2,1-6H3,(H2,82,85,93)(H2,83,86,94)(H2,84,87,95). The van der Waals surface area contributed by atoms with E-state index in [2.05, 4.69) is 31.9 Å². The summed E-state index contributed by atoms with van der Waals surface area (Å²) in [5, 5.41) is 14.0. The average molecular weight is 1440 g/mol. The smallest absolute Gasteiger partial charge is 0.416 e. The van der Waals surface area contributed by atoms with E-state index < -0.39 is 128 Å². The van der Waals surface area contributed by atoms with Crippen molar-refractivity contribution < 1.29 is 97.8 Å². The van der Waals surface area contributed by atoms with Crippen molar-refractivity contribution in [1.82, 2.24) is 0 Å². The molecule has 0 aliphatic carbocycles. The van der Waals surface area contributed by atoms with Crippen LogP contribution in [0.25, 0.3) is 0 Å². The molecule has 32 heteroatoms. The van der Waals surface area contributed by atoms with Gasteiger partial charge in [-0.3, -0.25) is 0 Å². The van der Waals surface area contributed by atoms with Crippen LogP contribution >= 0.6 is 43.8 Å². The van der Waals surface area contributed by atoms with Crippen LogP contribution in [-0.2, 0) is 60.1 Å². The van der Waals surface area contributed by atoms with Gasteiger partial charge >= 0.3 is 37.1 Å². The van der Waals surface area contributed by atoms with Crippen molar-refractivity contribution in [2.45, 2.75) is 136 Å². The second-order valence-corrected chi connectivity index (χ2v) is 26.4. The number of halogens is 18. The summed E-state index contributed by atoms with van der Waals surface area (Å²) in [4.78, 5) is 0. The Balaban J connectivity index is 1.54. The predicted molar refractivity (Wildman–Crippen MR) is 342 cm³/mol. The van der Waals surface area contributed by atoms with Gasteiger partial charge < -0.3 is 50.7 Å². The molecule has 0 radical (unpaired) electrons. The van der Waals surface area contributed by atoms with Gasteiger partial charge in [-0.05, 0) is 184 Å². The van der Waals surface area contributed by atoms with Crippen LogP contribution in [-0.4, -0.2) is 35.2 Å². The van der Waals surface area contributed by atoms with E-state index in [1.54, 1.807) is 20.8 Å². The van der Waals surface area contributed by atoms with Gasteiger partial charge in [-0.2, -0.15) is 79.0 Å². The van der Waals surface area contributed by atoms with Gasteiger partial charge in [-0.1, -0.05) is 40.0 Å². The molecule has 0 spiro atoms. The summed E-state index contributed by atoms with van der Waals surface area (Å²) in [6, 6.07) is 11.1. The molecular formula is C63H63F18N6O4PS3. The Kier molecular flexibility index (Phi) is 25.3. The number of rotatable bonds is 24. The van der Waals surface area contributed by atoms with E-state index in [-0.39, 0.29) is 89.0 Å². The van der Waals surface area contributed by atoms with E-state index in [4.69, 9.17) is 50.9 Å². The molecule has 6 aromatic rings. The zero-order valence-corrected chi connectivity index (χ0v) is 54.6. The first-order chi connectivity index (χ1) is 44.0. The number of thiocarbonyl (C=S) groups is 3. The van der Waals surface area contributed by atoms with Crippen LogP contribution in [0.4, 0.5) is 113 Å². The number of unbranched alkanes of at least 4 members (excludes halogenated alkanes) is 3. The lowest BCUT2D eigenvalue weighted by Gasteiger charge is -2.26. The normalized spacial score (nSPS) is 12.5. The minimum Gasteiger partial charge on any atom is -0.493 e. The Morgan fingerprint density at radius 3 is 0.705 bits per heavy atom. The van der Waals surface area contributed by atoms with E-state index in [0.29, 0.717) is 91.6 Å². The summed E-state index contributed by atoms with van der Waals surface area (Å²) in [7, 11) is -4.21. The fraction of sp³-hybridized carbons (Fsp3) is 0.381. The van der Waals surface area contributed by atoms with E-state index in [0.717, 1.165) is 0 Å². The van der Waals surface area contributed by atoms with Crippen LogP contribution in [0.3, 0.4) is 0 Å². The third kappa shape index (κ3) is 22.4. The number of ether oxygens (including phenoxy) is 3. The molecule has 0 amide bonds. The molecule has 0 bridgehead atoms. The van der Waals surface area contributed by atoms with Crippen LogP contribution < -0.4 is 46.1 Å². The van der Waals surface area contributed by atoms with E-state index >= 15 is 4.57 Å². The molecule has 10 nitrogen and oxygen atoms in total. The van der Waals surface area contributed by atoms with Gasteiger partial charge in [0.15, 0.2) is 15.3 Å². The highest BCUT2D eigenvalue weighted by molar-refractivity contribution is 7.81. The minimum atomic E-state index is -5.21. The predicted octanol–water partition coefficient (Wildman–Crippen LogP) is 22.0. The molecule has 0 aliphatic heterocycles. The summed E-state index contributed by atoms with van der Waals surface area (Å²) in [5.41, 5.74) is -10.0. The van der Waals surface area contributed by atoms with Crippen molar-refractivity contribution in [3.05, 3.63) is 158 Å². The molecular weight excluding hydrogens is 1370 g/mol. The lowest BCUT2D eigenvalue weighted by Crippen LogP contribution is -2.21. The van der Waals surface area contributed by atoms with Crippen LogP contribution in [0, 0.1) is 20.8 Å². The topological polar surface area (TPSA) is 117 Å². The highest BCUT2D eigenvalue weighted by Crippen LogP contribution is 2.59. The third-order valence-electron chi connectivity index (χ3n) is 14.0. The van der Waals surface area contributed by atoms with Crippen LogP contribution in [0.5, 0.6) is 17.2 Å². The largest absolute Gasteiger partial charge is 0.493 e. The molecule has 0 heterocycles. The fourth-order valence-corrected chi connectivity index (χ4v) is 13.4. The van der Waals surface area contributed by atoms with Crippen LogP contribution in [0.2, 0.25) is 0 Å². The zero-order chi connectivity index (χ0) is 70.8. The minimum absolute atomic E-state index is 0.0666. The van der Waals surface area contributed by atoms with E-state index in [9.17, 15) is 79.0 Å². The first kappa shape index (κ1) is 76.8. The number of aryl methyl sites for hydroxylation is 3. The van der Waals surface area contributed by atoms with Crippen LogP contribution in [0.1, 0.15) is 126 Å². The lowest BCUT2D eigenvalue weighted by molar-refractivity contribution is -0.144. The summed E-state index contributed by atoms with van der Waals surface area (Å²) in [6.07, 6.45) is -29.2. The average Bonchev–Trinajstić information content (AvgIpc) is 0.802. The second-order valence-electron chi connectivity index (χ2n) is 22.1. The van der Waals surface area contributed by atoms with Crippen molar-refractivity contribution in [3.63, 3.8) is 0 Å². The highest BCUT2D eigenvalue weighted by Gasteiger charge is 2.40. The van der Waals surface area contributed by atoms with Gasteiger partial charge in [0, 0.05) is 69.3 Å². The van der Waals surface area contributed by atoms with E-state index in [1.807, 2.05) is 20.8 Å². The van der Waals surface area contributed by atoms with Crippen molar-refractivity contribution in [2.24, 2.45) is 0 Å². The zero-order valence-electron chi connectivity index (χ0n) is 51.3. The second kappa shape index (κ2) is 31.3. The Hall–Kier alpha value is -7.24. The van der Waals surface area contributed by atoms with Gasteiger partial charge in [-0.25, -0.2) is 0 Å². The molecule has 0 saturated carbocycles. The number of hydrogen-bond acceptors (Lipinski definition) is 7. The maximum Gasteiger partial charge on any atom is 0.416 e. The Morgan fingerprint density at radius 2 is 0.526 bits per heavy atom. The summed E-state index contributed by atoms with van der Waals surface area (Å²) < 4.78 is 287. The molecule has 6 aromatic carbocycles. The number of nitrogens with one attached hydrogen (secondary N) is 6. The third-order valence-corrected chi connectivity index (χ3v) is 17.3. The van der Waals surface area contributed by atoms with Crippen LogP contribution in [0.15, 0.2) is 91.0 Å². The molecule has 6 rings (SSSR count). The van der Waals surface area contributed by atoms with Gasteiger partial charge in [-0.15, -0.1) is 0 Å². The monoisotopic (exact) mass is 1440 g/mol. The van der Waals surface area contributed by atoms with Gasteiger partial charge in [0.2, 0.25) is 0 Å². The molecule has 0 saturated heterocycles. The molecule has 518 valence electrons. The van der Waals surface area contributed by atoms with Crippen molar-refractivity contribution >= 4 is 93.3 Å². The van der Waals surface area contributed by atoms with Gasteiger partial charge in [0.25, 0.3) is 0 Å².